The molecule has 246 valence electrons. The van der Waals surface area contributed by atoms with Gasteiger partial charge in [0.25, 0.3) is 5.56 Å². The third-order valence-corrected chi connectivity index (χ3v) is 9.43. The Bertz CT molecular complexity index is 1820. The number of ether oxygens (including phenoxy) is 1. The summed E-state index contributed by atoms with van der Waals surface area (Å²) in [5.74, 6) is -1.06. The molecule has 18 nitrogen and oxygen atoms in total. The summed E-state index contributed by atoms with van der Waals surface area (Å²) in [7, 11) is -10.7. The number of nitrogens with two attached hydrogens (primary N) is 1. The Morgan fingerprint density at radius 1 is 1.04 bits per heavy atom. The minimum Gasteiger partial charge on any atom is -0.387 e. The number of amides is 1. The molecule has 4 aromatic rings. The normalized spacial score (nSPS) is 23.0. The highest BCUT2D eigenvalue weighted by Crippen LogP contribution is 2.60. The van der Waals surface area contributed by atoms with Crippen molar-refractivity contribution >= 4 is 38.7 Å². The number of H-pyrrole nitrogens is 1. The fourth-order valence-electron chi connectivity index (χ4n) is 4.73. The number of phosphoric ester groups is 2. The van der Waals surface area contributed by atoms with E-state index in [-0.39, 0.29) is 17.1 Å². The largest absolute Gasteiger partial charge is 0.481 e. The first-order valence-electron chi connectivity index (χ1n) is 13.6. The van der Waals surface area contributed by atoms with Gasteiger partial charge in [-0.1, -0.05) is 60.7 Å². The van der Waals surface area contributed by atoms with E-state index in [1.807, 2.05) is 36.4 Å². The number of aliphatic hydroxyl groups excluding tert-OH is 2. The number of anilines is 1. The standard InChI is InChI=1S/C26H30N6O12P2/c27-26-30-23-20(24(36)31-26)28-14-32(23)25-22(35)21(34)18(43-25)12-41-45(37,38)44-46(39,40)42-13-19(33)29-17(16-9-5-2-6-10-16)11-15-7-3-1-4-8-15/h1-10,14,17-18,21-22,25,34-35H,11-13H2,(H,29,33)(H,37,38)(H,39,40)(H3,27,30,31,36)/t17?,18-,21-,22-,25-/m1/s1. The molecule has 7 atom stereocenters. The number of rotatable bonds is 13. The number of aromatic nitrogens is 4. The molecule has 1 amide bonds. The minimum atomic E-state index is -5.36. The molecule has 0 bridgehead atoms. The van der Waals surface area contributed by atoms with Crippen LogP contribution in [0.1, 0.15) is 23.4 Å². The molecule has 0 saturated carbocycles. The Labute approximate surface area is 260 Å². The van der Waals surface area contributed by atoms with Crippen LogP contribution in [0.4, 0.5) is 5.95 Å². The molecule has 20 heteroatoms. The molecule has 1 saturated heterocycles. The van der Waals surface area contributed by atoms with Crippen LogP contribution in [0.3, 0.4) is 0 Å². The number of nitrogens with one attached hydrogen (secondary N) is 2. The van der Waals surface area contributed by atoms with E-state index in [1.165, 1.54) is 0 Å². The predicted octanol–water partition coefficient (Wildman–Crippen LogP) is 0.672. The van der Waals surface area contributed by atoms with E-state index < -0.39 is 70.9 Å². The molecule has 1 aliphatic heterocycles. The van der Waals surface area contributed by atoms with Crippen molar-refractivity contribution < 1.29 is 52.0 Å². The molecule has 0 spiro atoms. The van der Waals surface area contributed by atoms with E-state index in [2.05, 4.69) is 29.1 Å². The Balaban J connectivity index is 1.15. The van der Waals surface area contributed by atoms with Crippen LogP contribution in [0.5, 0.6) is 0 Å². The van der Waals surface area contributed by atoms with Gasteiger partial charge < -0.3 is 35.8 Å². The van der Waals surface area contributed by atoms with E-state index in [1.54, 1.807) is 24.3 Å². The zero-order valence-electron chi connectivity index (χ0n) is 23.7. The van der Waals surface area contributed by atoms with Gasteiger partial charge in [0.2, 0.25) is 11.9 Å². The molecule has 1 aliphatic rings. The Kier molecular flexibility index (Phi) is 10.1. The SMILES string of the molecule is Nc1nc2c(ncn2[C@@H]2O[C@H](COP(=O)(O)OP(=O)(O)OCC(=O)NC(Cc3ccccc3)c3ccccc3)[C@@H](O)[C@H]2O)c(=O)[nH]1. The second kappa shape index (κ2) is 13.9. The van der Waals surface area contributed by atoms with Gasteiger partial charge in [0, 0.05) is 0 Å². The Hall–Kier alpha value is -3.80. The van der Waals surface area contributed by atoms with Crippen molar-refractivity contribution in [3.63, 3.8) is 0 Å². The summed E-state index contributed by atoms with van der Waals surface area (Å²) < 4.78 is 45.2. The van der Waals surface area contributed by atoms with Crippen LogP contribution >= 0.6 is 15.6 Å². The van der Waals surface area contributed by atoms with Crippen LogP contribution in [0.15, 0.2) is 71.8 Å². The van der Waals surface area contributed by atoms with E-state index in [0.717, 1.165) is 22.0 Å². The predicted molar refractivity (Wildman–Crippen MR) is 159 cm³/mol. The first-order valence-corrected chi connectivity index (χ1v) is 16.6. The van der Waals surface area contributed by atoms with Gasteiger partial charge in [-0.3, -0.25) is 28.2 Å². The summed E-state index contributed by atoms with van der Waals surface area (Å²) in [5, 5.41) is 23.7. The molecule has 0 aliphatic carbocycles. The summed E-state index contributed by atoms with van der Waals surface area (Å²) in [4.78, 5) is 54.9. The highest BCUT2D eigenvalue weighted by atomic mass is 31.3. The van der Waals surface area contributed by atoms with Crippen LogP contribution < -0.4 is 16.6 Å². The van der Waals surface area contributed by atoms with Crippen LogP contribution in [0.25, 0.3) is 11.2 Å². The average Bonchev–Trinajstić information content (AvgIpc) is 3.55. The van der Waals surface area contributed by atoms with Gasteiger partial charge >= 0.3 is 15.6 Å². The second-order valence-corrected chi connectivity index (χ2v) is 13.2. The van der Waals surface area contributed by atoms with Gasteiger partial charge in [-0.05, 0) is 17.5 Å². The Morgan fingerprint density at radius 2 is 1.70 bits per heavy atom. The molecule has 8 N–H and O–H groups in total. The smallest absolute Gasteiger partial charge is 0.387 e. The van der Waals surface area contributed by atoms with Crippen molar-refractivity contribution in [2.45, 2.75) is 37.0 Å². The average molecular weight is 681 g/mol. The van der Waals surface area contributed by atoms with Gasteiger partial charge in [0.05, 0.1) is 19.0 Å². The van der Waals surface area contributed by atoms with Crippen LogP contribution in [-0.4, -0.2) is 77.0 Å². The summed E-state index contributed by atoms with van der Waals surface area (Å²) >= 11 is 0. The lowest BCUT2D eigenvalue weighted by Crippen LogP contribution is -2.33. The second-order valence-electron chi connectivity index (χ2n) is 10.1. The maximum Gasteiger partial charge on any atom is 0.481 e. The zero-order valence-corrected chi connectivity index (χ0v) is 25.5. The summed E-state index contributed by atoms with van der Waals surface area (Å²) in [5.41, 5.74) is 6.37. The molecule has 5 rings (SSSR count). The number of nitrogens with zero attached hydrogens (tertiary/aromatic N) is 3. The fraction of sp³-hybridized carbons (Fsp3) is 0.308. The number of benzene rings is 2. The number of carbonyl (C=O) groups excluding carboxylic acids is 1. The number of hydrogen-bond donors (Lipinski definition) is 7. The molecule has 0 radical (unpaired) electrons. The number of nitrogen functional groups attached to an aromatic ring is 1. The number of carbonyl (C=O) groups is 1. The van der Waals surface area contributed by atoms with Gasteiger partial charge in [0.1, 0.15) is 24.9 Å². The van der Waals surface area contributed by atoms with E-state index in [4.69, 9.17) is 15.0 Å². The van der Waals surface area contributed by atoms with E-state index in [9.17, 15) is 38.7 Å². The number of imidazole rings is 1. The third-order valence-electron chi connectivity index (χ3n) is 6.85. The number of fused-ring (bicyclic) bond motifs is 1. The van der Waals surface area contributed by atoms with Crippen molar-refractivity contribution in [3.8, 4) is 0 Å². The van der Waals surface area contributed by atoms with Crippen LogP contribution in [-0.2, 0) is 38.4 Å². The molecule has 2 aromatic heterocycles. The van der Waals surface area contributed by atoms with Gasteiger partial charge in [-0.15, -0.1) is 0 Å². The van der Waals surface area contributed by atoms with E-state index >= 15 is 0 Å². The van der Waals surface area contributed by atoms with Crippen LogP contribution in [0, 0.1) is 0 Å². The number of aromatic amines is 1. The quantitative estimate of drug-likeness (QED) is 0.0957. The molecule has 3 unspecified atom stereocenters. The molecular formula is C26H30N6O12P2. The first-order chi connectivity index (χ1) is 21.8. The highest BCUT2D eigenvalue weighted by molar-refractivity contribution is 7.61. The summed E-state index contributed by atoms with van der Waals surface area (Å²) in [6, 6.07) is 17.7. The molecule has 46 heavy (non-hydrogen) atoms. The lowest BCUT2D eigenvalue weighted by Gasteiger charge is -2.21. The lowest BCUT2D eigenvalue weighted by molar-refractivity contribution is -0.124. The van der Waals surface area contributed by atoms with E-state index in [0.29, 0.717) is 6.42 Å². The molecule has 1 fully saturated rings. The molecule has 3 heterocycles. The van der Waals surface area contributed by atoms with Gasteiger partial charge in [0.15, 0.2) is 17.4 Å². The Morgan fingerprint density at radius 3 is 2.39 bits per heavy atom. The third kappa shape index (κ3) is 8.12. The van der Waals surface area contributed by atoms with Crippen LogP contribution in [0.2, 0.25) is 0 Å². The number of hydrogen-bond acceptors (Lipinski definition) is 13. The number of aliphatic hydroxyl groups is 2. The zero-order chi connectivity index (χ0) is 33.1. The van der Waals surface area contributed by atoms with Crippen molar-refractivity contribution in [3.05, 3.63) is 88.5 Å². The maximum atomic E-state index is 12.7. The van der Waals surface area contributed by atoms with Crippen molar-refractivity contribution in [2.24, 2.45) is 0 Å². The fourth-order valence-corrected chi connectivity index (χ4v) is 6.77. The minimum absolute atomic E-state index is 0.0761. The topological polar surface area (TPSA) is 271 Å². The molecule has 2 aromatic carbocycles. The summed E-state index contributed by atoms with van der Waals surface area (Å²) in [6.45, 7) is -1.92. The molecular weight excluding hydrogens is 650 g/mol. The maximum absolute atomic E-state index is 12.7. The number of phosphoric acid groups is 2. The van der Waals surface area contributed by atoms with Crippen molar-refractivity contribution in [1.82, 2.24) is 24.8 Å². The first kappa shape index (κ1) is 33.6. The van der Waals surface area contributed by atoms with Crippen molar-refractivity contribution in [1.29, 1.82) is 0 Å². The lowest BCUT2D eigenvalue weighted by atomic mass is 9.99. The van der Waals surface area contributed by atoms with Gasteiger partial charge in [-0.2, -0.15) is 9.29 Å². The summed E-state index contributed by atoms with van der Waals surface area (Å²) in [6.07, 6.45) is -4.70. The monoisotopic (exact) mass is 680 g/mol. The van der Waals surface area contributed by atoms with Gasteiger partial charge in [-0.25, -0.2) is 14.1 Å². The van der Waals surface area contributed by atoms with Crippen molar-refractivity contribution in [2.75, 3.05) is 18.9 Å². The highest BCUT2D eigenvalue weighted by Gasteiger charge is 2.46.